The number of aryl methyl sites for hydroxylation is 1. The molecule has 0 spiro atoms. The van der Waals surface area contributed by atoms with E-state index in [1.54, 1.807) is 0 Å². The molecule has 30 heavy (non-hydrogen) atoms. The Hall–Kier alpha value is -2.08. The topological polar surface area (TPSA) is 0 Å². The number of fused-ring (bicyclic) bond motifs is 1. The molecule has 0 N–H and O–H groups in total. The second-order valence-electron chi connectivity index (χ2n) is 9.88. The van der Waals surface area contributed by atoms with Gasteiger partial charge in [-0.3, -0.25) is 0 Å². The third kappa shape index (κ3) is 5.75. The lowest BCUT2D eigenvalue weighted by Crippen LogP contribution is -2.15. The van der Waals surface area contributed by atoms with Crippen LogP contribution in [0.15, 0.2) is 72.9 Å². The predicted octanol–water partition coefficient (Wildman–Crippen LogP) is 8.99. The fourth-order valence-electron chi connectivity index (χ4n) is 5.16. The SMILES string of the molecule is C=C(Cc1ccc(C)c2ccccc12)CC(C)C(=C)CCC1CCC(C(=C)C)CC1. The average Bonchev–Trinajstić information content (AvgIpc) is 2.74. The van der Waals surface area contributed by atoms with Gasteiger partial charge in [0.15, 0.2) is 0 Å². The number of hydrogen-bond acceptors (Lipinski definition) is 0. The minimum Gasteiger partial charge on any atom is -0.0999 e. The molecule has 1 aliphatic carbocycles. The summed E-state index contributed by atoms with van der Waals surface area (Å²) in [5.41, 5.74) is 6.85. The van der Waals surface area contributed by atoms with Crippen molar-refractivity contribution >= 4 is 10.8 Å². The molecule has 0 aliphatic heterocycles. The Kier molecular flexibility index (Phi) is 7.75. The summed E-state index contributed by atoms with van der Waals surface area (Å²) in [7, 11) is 0. The van der Waals surface area contributed by atoms with Gasteiger partial charge >= 0.3 is 0 Å². The third-order valence-electron chi connectivity index (χ3n) is 7.38. The van der Waals surface area contributed by atoms with E-state index in [0.717, 1.165) is 24.7 Å². The van der Waals surface area contributed by atoms with Crippen molar-refractivity contribution < 1.29 is 0 Å². The Balaban J connectivity index is 1.48. The smallest absolute Gasteiger partial charge is 0.00634 e. The Morgan fingerprint density at radius 3 is 2.30 bits per heavy atom. The minimum absolute atomic E-state index is 0.515. The van der Waals surface area contributed by atoms with Gasteiger partial charge in [-0.25, -0.2) is 0 Å². The van der Waals surface area contributed by atoms with E-state index < -0.39 is 0 Å². The van der Waals surface area contributed by atoms with Crippen LogP contribution in [-0.4, -0.2) is 0 Å². The maximum absolute atomic E-state index is 4.45. The van der Waals surface area contributed by atoms with Gasteiger partial charge in [0.25, 0.3) is 0 Å². The fourth-order valence-corrected chi connectivity index (χ4v) is 5.16. The van der Waals surface area contributed by atoms with Gasteiger partial charge in [-0.05, 0) is 105 Å². The molecule has 3 rings (SSSR count). The molecule has 2 aromatic carbocycles. The zero-order valence-electron chi connectivity index (χ0n) is 19.5. The summed E-state index contributed by atoms with van der Waals surface area (Å²) in [4.78, 5) is 0. The van der Waals surface area contributed by atoms with E-state index in [9.17, 15) is 0 Å². The van der Waals surface area contributed by atoms with E-state index in [1.807, 2.05) is 0 Å². The monoisotopic (exact) mass is 400 g/mol. The summed E-state index contributed by atoms with van der Waals surface area (Å²) >= 11 is 0. The Bertz CT molecular complexity index is 905. The van der Waals surface area contributed by atoms with Crippen LogP contribution < -0.4 is 0 Å². The first-order chi connectivity index (χ1) is 14.3. The van der Waals surface area contributed by atoms with Gasteiger partial charge < -0.3 is 0 Å². The lowest BCUT2D eigenvalue weighted by molar-refractivity contribution is 0.286. The largest absolute Gasteiger partial charge is 0.0999 e. The fraction of sp³-hybridized carbons (Fsp3) is 0.467. The van der Waals surface area contributed by atoms with Crippen molar-refractivity contribution in [2.24, 2.45) is 17.8 Å². The van der Waals surface area contributed by atoms with Crippen LogP contribution in [0.25, 0.3) is 10.8 Å². The lowest BCUT2D eigenvalue weighted by Gasteiger charge is -2.29. The summed E-state index contributed by atoms with van der Waals surface area (Å²) < 4.78 is 0. The molecule has 1 atom stereocenters. The Morgan fingerprint density at radius 2 is 1.63 bits per heavy atom. The minimum atomic E-state index is 0.515. The van der Waals surface area contributed by atoms with Crippen molar-refractivity contribution in [2.75, 3.05) is 0 Å². The highest BCUT2D eigenvalue weighted by Crippen LogP contribution is 2.36. The van der Waals surface area contributed by atoms with Crippen LogP contribution >= 0.6 is 0 Å². The van der Waals surface area contributed by atoms with Crippen LogP contribution in [0, 0.1) is 24.7 Å². The van der Waals surface area contributed by atoms with Crippen molar-refractivity contribution in [3.63, 3.8) is 0 Å². The molecular formula is C30H40. The molecule has 0 bridgehead atoms. The average molecular weight is 401 g/mol. The quantitative estimate of drug-likeness (QED) is 0.368. The van der Waals surface area contributed by atoms with E-state index in [0.29, 0.717) is 5.92 Å². The van der Waals surface area contributed by atoms with E-state index in [4.69, 9.17) is 0 Å². The highest BCUT2D eigenvalue weighted by atomic mass is 14.3. The molecule has 0 nitrogen and oxygen atoms in total. The molecule has 0 heterocycles. The Morgan fingerprint density at radius 1 is 0.967 bits per heavy atom. The van der Waals surface area contributed by atoms with Crippen LogP contribution in [0.5, 0.6) is 0 Å². The van der Waals surface area contributed by atoms with Crippen LogP contribution in [0.3, 0.4) is 0 Å². The maximum Gasteiger partial charge on any atom is -0.00634 e. The highest BCUT2D eigenvalue weighted by molar-refractivity contribution is 5.88. The molecule has 160 valence electrons. The van der Waals surface area contributed by atoms with Crippen LogP contribution in [-0.2, 0) is 6.42 Å². The molecule has 1 unspecified atom stereocenters. The van der Waals surface area contributed by atoms with Gasteiger partial charge in [0.1, 0.15) is 0 Å². The van der Waals surface area contributed by atoms with Gasteiger partial charge in [-0.2, -0.15) is 0 Å². The van der Waals surface area contributed by atoms with Gasteiger partial charge in [0.2, 0.25) is 0 Å². The van der Waals surface area contributed by atoms with Crippen LogP contribution in [0.1, 0.15) is 69.9 Å². The first-order valence-corrected chi connectivity index (χ1v) is 11.8. The molecule has 0 amide bonds. The molecule has 0 radical (unpaired) electrons. The molecular weight excluding hydrogens is 360 g/mol. The highest BCUT2D eigenvalue weighted by Gasteiger charge is 2.22. The third-order valence-corrected chi connectivity index (χ3v) is 7.38. The second-order valence-corrected chi connectivity index (χ2v) is 9.88. The standard InChI is InChI=1S/C30H40/c1-21(2)27-17-14-26(15-18-27)13-11-23(4)25(6)19-22(3)20-28-16-12-24(5)29-9-7-8-10-30(28)29/h7-10,12,16,25-27H,1,3-4,11,13-15,17-20H2,2,5-6H3. The first kappa shape index (κ1) is 22.6. The summed E-state index contributed by atoms with van der Waals surface area (Å²) in [5, 5.41) is 2.73. The van der Waals surface area contributed by atoms with E-state index >= 15 is 0 Å². The van der Waals surface area contributed by atoms with Crippen molar-refractivity contribution in [1.82, 2.24) is 0 Å². The molecule has 0 heteroatoms. The number of benzene rings is 2. The number of rotatable bonds is 9. The molecule has 1 fully saturated rings. The molecule has 0 aromatic heterocycles. The first-order valence-electron chi connectivity index (χ1n) is 11.8. The lowest BCUT2D eigenvalue weighted by atomic mass is 9.76. The normalized spacial score (nSPS) is 20.1. The number of hydrogen-bond donors (Lipinski definition) is 0. The molecule has 0 saturated heterocycles. The summed E-state index contributed by atoms with van der Waals surface area (Å²) in [6.45, 7) is 19.8. The molecule has 1 saturated carbocycles. The van der Waals surface area contributed by atoms with Crippen LogP contribution in [0.4, 0.5) is 0 Å². The zero-order chi connectivity index (χ0) is 21.7. The van der Waals surface area contributed by atoms with Gasteiger partial charge in [-0.15, -0.1) is 0 Å². The predicted molar refractivity (Wildman–Crippen MR) is 134 cm³/mol. The van der Waals surface area contributed by atoms with E-state index in [-0.39, 0.29) is 0 Å². The summed E-state index contributed by atoms with van der Waals surface area (Å²) in [6.07, 6.45) is 9.89. The summed E-state index contributed by atoms with van der Waals surface area (Å²) in [5.74, 6) is 2.16. The molecule has 2 aromatic rings. The summed E-state index contributed by atoms with van der Waals surface area (Å²) in [6, 6.07) is 13.3. The van der Waals surface area contributed by atoms with E-state index in [1.165, 1.54) is 77.1 Å². The van der Waals surface area contributed by atoms with Crippen LogP contribution in [0.2, 0.25) is 0 Å². The molecule has 1 aliphatic rings. The van der Waals surface area contributed by atoms with Gasteiger partial charge in [0.05, 0.1) is 0 Å². The number of allylic oxidation sites excluding steroid dienone is 3. The van der Waals surface area contributed by atoms with Gasteiger partial charge in [0, 0.05) is 0 Å². The van der Waals surface area contributed by atoms with Crippen molar-refractivity contribution in [3.8, 4) is 0 Å². The van der Waals surface area contributed by atoms with Gasteiger partial charge in [-0.1, -0.05) is 79.8 Å². The Labute approximate surface area is 184 Å². The maximum atomic E-state index is 4.45. The second kappa shape index (κ2) is 10.3. The van der Waals surface area contributed by atoms with Crippen molar-refractivity contribution in [2.45, 2.75) is 72.1 Å². The van der Waals surface area contributed by atoms with Crippen molar-refractivity contribution in [3.05, 3.63) is 84.0 Å². The zero-order valence-corrected chi connectivity index (χ0v) is 19.5. The van der Waals surface area contributed by atoms with E-state index in [2.05, 4.69) is 76.9 Å². The van der Waals surface area contributed by atoms with Crippen molar-refractivity contribution in [1.29, 1.82) is 0 Å².